The Hall–Kier alpha value is -0.310. The molecule has 1 aromatic rings. The molecule has 20 heavy (non-hydrogen) atoms. The van der Waals surface area contributed by atoms with E-state index in [1.54, 1.807) is 24.1 Å². The summed E-state index contributed by atoms with van der Waals surface area (Å²) in [6.45, 7) is 2.60. The average molecular weight is 317 g/mol. The summed E-state index contributed by atoms with van der Waals surface area (Å²) < 4.78 is 35.2. The van der Waals surface area contributed by atoms with Crippen LogP contribution >= 0.6 is 0 Å². The van der Waals surface area contributed by atoms with Gasteiger partial charge < -0.3 is 16.2 Å². The zero-order chi connectivity index (χ0) is 14.5. The van der Waals surface area contributed by atoms with Crippen LogP contribution in [0, 0.1) is 0 Å². The molecule has 1 unspecified atom stereocenters. The summed E-state index contributed by atoms with van der Waals surface area (Å²) in [6.07, 6.45) is -1.15. The number of anilines is 1. The molecular weight excluding hydrogens is 293 g/mol. The third kappa shape index (κ3) is 6.92. The largest absolute Gasteiger partial charge is 1.00 e. The summed E-state index contributed by atoms with van der Waals surface area (Å²) in [5, 5.41) is 9.66. The SMILES string of the molecule is CCN(CC(O)CS(=O)(=O)O)c1cccc(OC)c1.[H-].[HH].[HH].[Na+]. The van der Waals surface area contributed by atoms with Crippen LogP contribution in [-0.2, 0) is 10.1 Å². The summed E-state index contributed by atoms with van der Waals surface area (Å²) in [6, 6.07) is 7.24. The molecule has 6 nitrogen and oxygen atoms in total. The smallest absolute Gasteiger partial charge is 1.00 e. The van der Waals surface area contributed by atoms with E-state index in [-0.39, 0.29) is 40.4 Å². The number of ether oxygens (including phenoxy) is 1. The summed E-state index contributed by atoms with van der Waals surface area (Å²) >= 11 is 0. The van der Waals surface area contributed by atoms with Crippen molar-refractivity contribution >= 4 is 15.8 Å². The van der Waals surface area contributed by atoms with Gasteiger partial charge in [0, 0.05) is 27.7 Å². The Morgan fingerprint density at radius 2 is 2.15 bits per heavy atom. The standard InChI is InChI=1S/C12H19NO5S.Na.2H2.H/c1-3-13(8-11(14)9-19(15,16)17)10-5-4-6-12(7-10)18-2;;;;/h4-7,11,14H,3,8-9H2,1-2H3,(H,15,16,17);;2*1H;/q;+1;;;-1. The number of nitrogens with zero attached hydrogens (tertiary/aromatic N) is 1. The van der Waals surface area contributed by atoms with E-state index < -0.39 is 22.0 Å². The van der Waals surface area contributed by atoms with E-state index in [4.69, 9.17) is 9.29 Å². The maximum absolute atomic E-state index is 10.7. The summed E-state index contributed by atoms with van der Waals surface area (Å²) in [5.74, 6) is 0.00761. The van der Waals surface area contributed by atoms with Gasteiger partial charge in [0.15, 0.2) is 0 Å². The maximum atomic E-state index is 10.7. The summed E-state index contributed by atoms with van der Waals surface area (Å²) in [4.78, 5) is 1.80. The first-order valence-corrected chi connectivity index (χ1v) is 7.49. The molecule has 1 aromatic carbocycles. The van der Waals surface area contributed by atoms with Crippen LogP contribution < -0.4 is 39.2 Å². The molecule has 8 heteroatoms. The zero-order valence-corrected chi connectivity index (χ0v) is 14.8. The van der Waals surface area contributed by atoms with Crippen LogP contribution in [0.4, 0.5) is 5.69 Å². The van der Waals surface area contributed by atoms with E-state index >= 15 is 0 Å². The second-order valence-electron chi connectivity index (χ2n) is 4.14. The third-order valence-electron chi connectivity index (χ3n) is 2.63. The number of methoxy groups -OCH3 is 1. The van der Waals surface area contributed by atoms with Crippen molar-refractivity contribution in [1.82, 2.24) is 0 Å². The topological polar surface area (TPSA) is 87.1 Å². The normalized spacial score (nSPS) is 12.4. The van der Waals surface area contributed by atoms with E-state index in [1.807, 2.05) is 19.1 Å². The van der Waals surface area contributed by atoms with Crippen molar-refractivity contribution in [2.75, 3.05) is 30.9 Å². The Morgan fingerprint density at radius 3 is 2.65 bits per heavy atom. The first-order valence-electron chi connectivity index (χ1n) is 5.88. The molecule has 0 saturated heterocycles. The van der Waals surface area contributed by atoms with Crippen molar-refractivity contribution in [2.45, 2.75) is 13.0 Å². The van der Waals surface area contributed by atoms with Crippen LogP contribution in [0.2, 0.25) is 0 Å². The Morgan fingerprint density at radius 1 is 1.50 bits per heavy atom. The molecule has 114 valence electrons. The molecule has 0 amide bonds. The maximum Gasteiger partial charge on any atom is 1.00 e. The van der Waals surface area contributed by atoms with Crippen LogP contribution in [0.1, 0.15) is 11.2 Å². The van der Waals surface area contributed by atoms with Gasteiger partial charge in [-0.05, 0) is 19.1 Å². The van der Waals surface area contributed by atoms with Crippen LogP contribution in [0.15, 0.2) is 24.3 Å². The van der Waals surface area contributed by atoms with Gasteiger partial charge in [-0.15, -0.1) is 0 Å². The molecule has 0 aliphatic carbocycles. The fourth-order valence-corrected chi connectivity index (χ4v) is 2.37. The zero-order valence-electron chi connectivity index (χ0n) is 13.0. The first kappa shape index (κ1) is 19.7. The molecule has 0 spiro atoms. The quantitative estimate of drug-likeness (QED) is 0.464. The van der Waals surface area contributed by atoms with Crippen molar-refractivity contribution in [3.8, 4) is 5.75 Å². The molecule has 2 N–H and O–H groups in total. The van der Waals surface area contributed by atoms with Crippen molar-refractivity contribution in [2.24, 2.45) is 0 Å². The van der Waals surface area contributed by atoms with Crippen LogP contribution in [0.3, 0.4) is 0 Å². The average Bonchev–Trinajstić information content (AvgIpc) is 2.34. The Labute approximate surface area is 146 Å². The molecular formula is C12H24NNaO5S. The van der Waals surface area contributed by atoms with Gasteiger partial charge in [-0.1, -0.05) is 6.07 Å². The van der Waals surface area contributed by atoms with E-state index in [1.165, 1.54) is 0 Å². The van der Waals surface area contributed by atoms with Gasteiger partial charge in [0.2, 0.25) is 0 Å². The fraction of sp³-hybridized carbons (Fsp3) is 0.500. The van der Waals surface area contributed by atoms with Gasteiger partial charge >= 0.3 is 29.6 Å². The number of benzene rings is 1. The Kier molecular flexibility index (Phi) is 8.72. The summed E-state index contributed by atoms with van der Waals surface area (Å²) in [7, 11) is -2.62. The predicted molar refractivity (Wildman–Crippen MR) is 78.6 cm³/mol. The predicted octanol–water partition coefficient (Wildman–Crippen LogP) is -1.62. The van der Waals surface area contributed by atoms with Gasteiger partial charge in [0.05, 0.1) is 13.2 Å². The number of rotatable bonds is 7. The molecule has 0 radical (unpaired) electrons. The van der Waals surface area contributed by atoms with E-state index in [0.29, 0.717) is 12.3 Å². The molecule has 0 aromatic heterocycles. The minimum Gasteiger partial charge on any atom is -1.00 e. The van der Waals surface area contributed by atoms with Crippen molar-refractivity contribution < 1.29 is 56.7 Å². The number of hydrogen-bond acceptors (Lipinski definition) is 5. The van der Waals surface area contributed by atoms with E-state index in [9.17, 15) is 13.5 Å². The third-order valence-corrected chi connectivity index (χ3v) is 3.44. The molecule has 0 bridgehead atoms. The molecule has 0 aliphatic heterocycles. The number of hydrogen-bond donors (Lipinski definition) is 2. The molecule has 1 rings (SSSR count). The molecule has 1 atom stereocenters. The molecule has 0 fully saturated rings. The van der Waals surface area contributed by atoms with Gasteiger partial charge in [0.1, 0.15) is 11.5 Å². The molecule has 0 heterocycles. The number of likely N-dealkylation sites (N-methyl/N-ethyl adjacent to an activating group) is 1. The molecule has 0 saturated carbocycles. The van der Waals surface area contributed by atoms with Crippen LogP contribution in [-0.4, -0.2) is 50.1 Å². The van der Waals surface area contributed by atoms with Gasteiger partial charge in [-0.25, -0.2) is 0 Å². The van der Waals surface area contributed by atoms with Gasteiger partial charge in [0.25, 0.3) is 10.1 Å². The van der Waals surface area contributed by atoms with E-state index in [0.717, 1.165) is 5.69 Å². The fourth-order valence-electron chi connectivity index (χ4n) is 1.77. The summed E-state index contributed by atoms with van der Waals surface area (Å²) in [5.41, 5.74) is 0.816. The second-order valence-corrected chi connectivity index (χ2v) is 5.64. The monoisotopic (exact) mass is 317 g/mol. The minimum atomic E-state index is -4.17. The van der Waals surface area contributed by atoms with Crippen LogP contribution in [0.5, 0.6) is 5.75 Å². The minimum absolute atomic E-state index is 0. The number of aliphatic hydroxyl groups is 1. The number of aliphatic hydroxyl groups excluding tert-OH is 1. The second kappa shape index (κ2) is 8.86. The Balaban J connectivity index is -0.000000451. The first-order chi connectivity index (χ1) is 8.85. The van der Waals surface area contributed by atoms with Crippen molar-refractivity contribution in [3.05, 3.63) is 24.3 Å². The molecule has 0 aliphatic rings. The van der Waals surface area contributed by atoms with Crippen molar-refractivity contribution in [1.29, 1.82) is 0 Å². The van der Waals surface area contributed by atoms with Gasteiger partial charge in [-0.3, -0.25) is 4.55 Å². The van der Waals surface area contributed by atoms with Crippen molar-refractivity contribution in [3.63, 3.8) is 0 Å². The Bertz CT molecular complexity index is 521. The van der Waals surface area contributed by atoms with E-state index in [2.05, 4.69) is 0 Å². The van der Waals surface area contributed by atoms with Gasteiger partial charge in [-0.2, -0.15) is 8.42 Å². The van der Waals surface area contributed by atoms with Crippen LogP contribution in [0.25, 0.3) is 0 Å².